The lowest BCUT2D eigenvalue weighted by Gasteiger charge is -2.41. The number of nitrogens with zero attached hydrogens (tertiary/aromatic N) is 2. The fraction of sp³-hybridized carbons (Fsp3) is 0.667. The number of hydrogen-bond donors (Lipinski definition) is 0. The zero-order valence-electron chi connectivity index (χ0n) is 13.9. The van der Waals surface area contributed by atoms with Gasteiger partial charge in [-0.25, -0.2) is 0 Å². The van der Waals surface area contributed by atoms with Gasteiger partial charge < -0.3 is 14.5 Å². The molecule has 1 saturated carbocycles. The van der Waals surface area contributed by atoms with E-state index in [0.717, 1.165) is 18.7 Å². The average Bonchev–Trinajstić information content (AvgIpc) is 2.78. The predicted octanol–water partition coefficient (Wildman–Crippen LogP) is 3.18. The Bertz CT molecular complexity index is 512. The van der Waals surface area contributed by atoms with Crippen LogP contribution in [0.5, 0.6) is 5.75 Å². The fourth-order valence-corrected chi connectivity index (χ4v) is 4.01. The summed E-state index contributed by atoms with van der Waals surface area (Å²) in [5.41, 5.74) is 2.72. The molecule has 3 rings (SSSR count). The molecule has 21 heavy (non-hydrogen) atoms. The highest BCUT2D eigenvalue weighted by molar-refractivity contribution is 5.54. The second-order valence-electron chi connectivity index (χ2n) is 7.24. The number of anilines is 1. The van der Waals surface area contributed by atoms with E-state index in [2.05, 4.69) is 56.2 Å². The monoisotopic (exact) mass is 288 g/mol. The average molecular weight is 288 g/mol. The largest absolute Gasteiger partial charge is 0.486 e. The van der Waals surface area contributed by atoms with Gasteiger partial charge in [0.25, 0.3) is 0 Å². The minimum absolute atomic E-state index is 0.0514. The lowest BCUT2D eigenvalue weighted by Crippen LogP contribution is -2.48. The van der Waals surface area contributed by atoms with Crippen LogP contribution in [0, 0.1) is 5.92 Å². The number of benzene rings is 1. The van der Waals surface area contributed by atoms with Crippen LogP contribution in [0.1, 0.15) is 31.2 Å². The molecule has 3 nitrogen and oxygen atoms in total. The zero-order chi connectivity index (χ0) is 15.0. The minimum Gasteiger partial charge on any atom is -0.486 e. The van der Waals surface area contributed by atoms with E-state index in [-0.39, 0.29) is 5.60 Å². The number of fused-ring (bicyclic) bond motifs is 1. The molecule has 2 aliphatic rings. The van der Waals surface area contributed by atoms with Crippen LogP contribution in [0.15, 0.2) is 18.2 Å². The summed E-state index contributed by atoms with van der Waals surface area (Å²) in [7, 11) is 8.55. The third-order valence-electron chi connectivity index (χ3n) is 5.10. The summed E-state index contributed by atoms with van der Waals surface area (Å²) in [6.45, 7) is 1.13. The molecule has 2 unspecified atom stereocenters. The van der Waals surface area contributed by atoms with Gasteiger partial charge in [0, 0.05) is 44.2 Å². The number of ether oxygens (including phenoxy) is 1. The maximum atomic E-state index is 6.54. The first kappa shape index (κ1) is 14.7. The zero-order valence-corrected chi connectivity index (χ0v) is 13.9. The summed E-state index contributed by atoms with van der Waals surface area (Å²) >= 11 is 0. The molecule has 116 valence electrons. The van der Waals surface area contributed by atoms with Crippen molar-refractivity contribution in [1.29, 1.82) is 0 Å². The van der Waals surface area contributed by atoms with Crippen molar-refractivity contribution >= 4 is 5.69 Å². The second kappa shape index (κ2) is 5.53. The molecule has 1 heterocycles. The van der Waals surface area contributed by atoms with Crippen LogP contribution in [0.3, 0.4) is 0 Å². The standard InChI is InChI=1S/C18H28N2O/c1-19(2)13-15-7-5-6-10-18(15)12-14-11-16(20(3)4)8-9-17(14)21-18/h8-9,11,15H,5-7,10,12-13H2,1-4H3. The lowest BCUT2D eigenvalue weighted by molar-refractivity contribution is -0.0150. The Morgan fingerprint density at radius 1 is 1.19 bits per heavy atom. The summed E-state index contributed by atoms with van der Waals surface area (Å²) < 4.78 is 6.54. The molecule has 0 bridgehead atoms. The molecule has 1 aromatic carbocycles. The van der Waals surface area contributed by atoms with Crippen molar-refractivity contribution in [3.63, 3.8) is 0 Å². The van der Waals surface area contributed by atoms with Gasteiger partial charge in [0.05, 0.1) is 0 Å². The van der Waals surface area contributed by atoms with Crippen LogP contribution in [0.2, 0.25) is 0 Å². The molecule has 1 spiro atoms. The smallest absolute Gasteiger partial charge is 0.123 e. The highest BCUT2D eigenvalue weighted by Crippen LogP contribution is 2.47. The Morgan fingerprint density at radius 2 is 2.00 bits per heavy atom. The van der Waals surface area contributed by atoms with Crippen LogP contribution in [-0.4, -0.2) is 45.2 Å². The Morgan fingerprint density at radius 3 is 2.71 bits per heavy atom. The van der Waals surface area contributed by atoms with E-state index in [1.165, 1.54) is 36.9 Å². The Hall–Kier alpha value is -1.22. The van der Waals surface area contributed by atoms with E-state index in [4.69, 9.17) is 4.74 Å². The number of rotatable bonds is 3. The van der Waals surface area contributed by atoms with Crippen molar-refractivity contribution < 1.29 is 4.74 Å². The molecule has 2 atom stereocenters. The molecule has 1 aliphatic carbocycles. The normalized spacial score (nSPS) is 27.8. The van der Waals surface area contributed by atoms with Crippen molar-refractivity contribution in [2.75, 3.05) is 39.6 Å². The van der Waals surface area contributed by atoms with Gasteiger partial charge in [-0.05, 0) is 51.6 Å². The first-order chi connectivity index (χ1) is 10.00. The van der Waals surface area contributed by atoms with Gasteiger partial charge in [0.2, 0.25) is 0 Å². The van der Waals surface area contributed by atoms with E-state index >= 15 is 0 Å². The van der Waals surface area contributed by atoms with Gasteiger partial charge in [0.1, 0.15) is 11.4 Å². The molecule has 0 radical (unpaired) electrons. The topological polar surface area (TPSA) is 15.7 Å². The van der Waals surface area contributed by atoms with Gasteiger partial charge >= 0.3 is 0 Å². The van der Waals surface area contributed by atoms with Crippen LogP contribution < -0.4 is 9.64 Å². The molecule has 1 aromatic rings. The molecule has 3 heteroatoms. The Kier molecular flexibility index (Phi) is 3.87. The summed E-state index contributed by atoms with van der Waals surface area (Å²) in [6.07, 6.45) is 6.24. The van der Waals surface area contributed by atoms with Gasteiger partial charge in [0.15, 0.2) is 0 Å². The van der Waals surface area contributed by atoms with Gasteiger partial charge in [-0.15, -0.1) is 0 Å². The third kappa shape index (κ3) is 2.76. The van der Waals surface area contributed by atoms with Crippen molar-refractivity contribution in [2.45, 2.75) is 37.7 Å². The highest BCUT2D eigenvalue weighted by Gasteiger charge is 2.47. The molecule has 1 fully saturated rings. The third-order valence-corrected chi connectivity index (χ3v) is 5.10. The van der Waals surface area contributed by atoms with E-state index < -0.39 is 0 Å². The van der Waals surface area contributed by atoms with Crippen molar-refractivity contribution in [1.82, 2.24) is 4.90 Å². The van der Waals surface area contributed by atoms with E-state index in [9.17, 15) is 0 Å². The van der Waals surface area contributed by atoms with Crippen LogP contribution >= 0.6 is 0 Å². The lowest BCUT2D eigenvalue weighted by atomic mass is 9.73. The van der Waals surface area contributed by atoms with Gasteiger partial charge in [-0.3, -0.25) is 0 Å². The Balaban J connectivity index is 1.86. The molecule has 0 N–H and O–H groups in total. The quantitative estimate of drug-likeness (QED) is 0.849. The van der Waals surface area contributed by atoms with Crippen LogP contribution in [0.4, 0.5) is 5.69 Å². The summed E-state index contributed by atoms with van der Waals surface area (Å²) in [5, 5.41) is 0. The molecular weight excluding hydrogens is 260 g/mol. The predicted molar refractivity (Wildman–Crippen MR) is 88.3 cm³/mol. The van der Waals surface area contributed by atoms with Crippen molar-refractivity contribution in [2.24, 2.45) is 5.92 Å². The molecule has 0 aromatic heterocycles. The maximum absolute atomic E-state index is 6.54. The molecule has 0 amide bonds. The molecule has 1 aliphatic heterocycles. The molecule has 0 saturated heterocycles. The van der Waals surface area contributed by atoms with E-state index in [1.807, 2.05) is 0 Å². The minimum atomic E-state index is 0.0514. The fourth-order valence-electron chi connectivity index (χ4n) is 4.01. The summed E-state index contributed by atoms with van der Waals surface area (Å²) in [5.74, 6) is 1.77. The number of hydrogen-bond acceptors (Lipinski definition) is 3. The van der Waals surface area contributed by atoms with Gasteiger partial charge in [-0.2, -0.15) is 0 Å². The highest BCUT2D eigenvalue weighted by atomic mass is 16.5. The summed E-state index contributed by atoms with van der Waals surface area (Å²) in [4.78, 5) is 4.48. The van der Waals surface area contributed by atoms with Crippen molar-refractivity contribution in [3.8, 4) is 5.75 Å². The molecular formula is C18H28N2O. The van der Waals surface area contributed by atoms with Gasteiger partial charge in [-0.1, -0.05) is 6.42 Å². The Labute approximate surface area is 128 Å². The van der Waals surface area contributed by atoms with Crippen LogP contribution in [-0.2, 0) is 6.42 Å². The maximum Gasteiger partial charge on any atom is 0.123 e. The second-order valence-corrected chi connectivity index (χ2v) is 7.24. The SMILES string of the molecule is CN(C)CC1CCCCC12Cc1cc(N(C)C)ccc1O2. The summed E-state index contributed by atoms with van der Waals surface area (Å²) in [6, 6.07) is 6.65. The first-order valence-corrected chi connectivity index (χ1v) is 8.14. The van der Waals surface area contributed by atoms with Crippen molar-refractivity contribution in [3.05, 3.63) is 23.8 Å². The van der Waals surface area contributed by atoms with Crippen LogP contribution in [0.25, 0.3) is 0 Å². The van der Waals surface area contributed by atoms with E-state index in [1.54, 1.807) is 0 Å². The first-order valence-electron chi connectivity index (χ1n) is 8.14. The van der Waals surface area contributed by atoms with E-state index in [0.29, 0.717) is 5.92 Å².